The van der Waals surface area contributed by atoms with Gasteiger partial charge in [-0.2, -0.15) is 0 Å². The van der Waals surface area contributed by atoms with Crippen LogP contribution in [0.25, 0.3) is 0 Å². The molecule has 0 unspecified atom stereocenters. The number of nitrogens with one attached hydrogen (secondary N) is 1. The van der Waals surface area contributed by atoms with Crippen molar-refractivity contribution in [1.82, 2.24) is 9.71 Å². The molecule has 0 spiro atoms. The van der Waals surface area contributed by atoms with Gasteiger partial charge in [0.25, 0.3) is 0 Å². The number of nitrogens with zero attached hydrogens (tertiary/aromatic N) is 1. The van der Waals surface area contributed by atoms with Crippen LogP contribution in [0.4, 0.5) is 0 Å². The topological polar surface area (TPSA) is 85.1 Å². The lowest BCUT2D eigenvalue weighted by molar-refractivity contribution is 0.581. The van der Waals surface area contributed by atoms with E-state index in [1.54, 1.807) is 36.7 Å². The quantitative estimate of drug-likeness (QED) is 0.879. The highest BCUT2D eigenvalue weighted by Crippen LogP contribution is 2.16. The molecule has 1 aromatic heterocycles. The van der Waals surface area contributed by atoms with Gasteiger partial charge < -0.3 is 5.73 Å². The summed E-state index contributed by atoms with van der Waals surface area (Å²) >= 11 is 0. The van der Waals surface area contributed by atoms with Crippen LogP contribution in [0, 0.1) is 13.8 Å². The Bertz CT molecular complexity index is 742. The molecule has 1 heterocycles. The summed E-state index contributed by atoms with van der Waals surface area (Å²) < 4.78 is 27.3. The fraction of sp³-hybridized carbons (Fsp3) is 0.267. The number of hydrogen-bond donors (Lipinski definition) is 2. The largest absolute Gasteiger partial charge is 0.326 e. The molecule has 112 valence electrons. The summed E-state index contributed by atoms with van der Waals surface area (Å²) in [5, 5.41) is 0. The Morgan fingerprint density at radius 3 is 2.57 bits per heavy atom. The van der Waals surface area contributed by atoms with Crippen molar-refractivity contribution in [2.75, 3.05) is 0 Å². The molecule has 0 aliphatic heterocycles. The van der Waals surface area contributed by atoms with E-state index in [9.17, 15) is 8.42 Å². The zero-order chi connectivity index (χ0) is 15.5. The minimum Gasteiger partial charge on any atom is -0.326 e. The van der Waals surface area contributed by atoms with Crippen molar-refractivity contribution in [3.63, 3.8) is 0 Å². The number of aromatic nitrogens is 1. The van der Waals surface area contributed by atoms with Gasteiger partial charge in [0.2, 0.25) is 10.0 Å². The van der Waals surface area contributed by atoms with Crippen LogP contribution in [0.15, 0.2) is 41.6 Å². The van der Waals surface area contributed by atoms with Gasteiger partial charge in [-0.1, -0.05) is 6.07 Å². The minimum absolute atomic E-state index is 0.236. The Morgan fingerprint density at radius 2 is 1.90 bits per heavy atom. The number of benzene rings is 1. The second-order valence-corrected chi connectivity index (χ2v) is 6.69. The Labute approximate surface area is 125 Å². The van der Waals surface area contributed by atoms with Gasteiger partial charge in [0, 0.05) is 25.5 Å². The van der Waals surface area contributed by atoms with Crippen LogP contribution in [0.5, 0.6) is 0 Å². The SMILES string of the molecule is Cc1ccc(S(=O)(=O)NCc2ccncc2C)cc1CN. The first-order valence-electron chi connectivity index (χ1n) is 6.63. The smallest absolute Gasteiger partial charge is 0.240 e. The summed E-state index contributed by atoms with van der Waals surface area (Å²) in [5.41, 5.74) is 9.30. The summed E-state index contributed by atoms with van der Waals surface area (Å²) in [6.07, 6.45) is 3.36. The van der Waals surface area contributed by atoms with E-state index in [2.05, 4.69) is 9.71 Å². The molecular formula is C15H19N3O2S. The summed E-state index contributed by atoms with van der Waals surface area (Å²) in [5.74, 6) is 0. The van der Waals surface area contributed by atoms with Crippen LogP contribution >= 0.6 is 0 Å². The number of sulfonamides is 1. The molecule has 2 rings (SSSR count). The molecule has 0 aliphatic rings. The molecule has 0 aliphatic carbocycles. The lowest BCUT2D eigenvalue weighted by Crippen LogP contribution is -2.24. The van der Waals surface area contributed by atoms with E-state index in [4.69, 9.17) is 5.73 Å². The van der Waals surface area contributed by atoms with Gasteiger partial charge in [-0.3, -0.25) is 4.98 Å². The van der Waals surface area contributed by atoms with Crippen LogP contribution in [0.1, 0.15) is 22.3 Å². The van der Waals surface area contributed by atoms with Gasteiger partial charge in [0.15, 0.2) is 0 Å². The van der Waals surface area contributed by atoms with Crippen LogP contribution in [-0.2, 0) is 23.1 Å². The van der Waals surface area contributed by atoms with E-state index in [0.29, 0.717) is 6.54 Å². The molecule has 6 heteroatoms. The zero-order valence-corrected chi connectivity index (χ0v) is 12.9. The predicted molar refractivity (Wildman–Crippen MR) is 82.1 cm³/mol. The maximum Gasteiger partial charge on any atom is 0.240 e. The van der Waals surface area contributed by atoms with E-state index in [-0.39, 0.29) is 11.4 Å². The predicted octanol–water partition coefficient (Wildman–Crippen LogP) is 1.64. The molecule has 0 amide bonds. The molecule has 0 bridgehead atoms. The minimum atomic E-state index is -3.55. The highest BCUT2D eigenvalue weighted by atomic mass is 32.2. The molecule has 0 saturated heterocycles. The molecule has 3 N–H and O–H groups in total. The lowest BCUT2D eigenvalue weighted by Gasteiger charge is -2.10. The standard InChI is InChI=1S/C15H19N3O2S/c1-11-3-4-15(7-14(11)8-16)21(19,20)18-10-13-5-6-17-9-12(13)2/h3-7,9,18H,8,10,16H2,1-2H3. The summed E-state index contributed by atoms with van der Waals surface area (Å²) in [6.45, 7) is 4.36. The highest BCUT2D eigenvalue weighted by Gasteiger charge is 2.15. The molecule has 5 nitrogen and oxygen atoms in total. The normalized spacial score (nSPS) is 11.6. The maximum atomic E-state index is 12.3. The number of pyridine rings is 1. The van der Waals surface area contributed by atoms with Crippen molar-refractivity contribution in [3.8, 4) is 0 Å². The van der Waals surface area contributed by atoms with Crippen molar-refractivity contribution in [2.45, 2.75) is 31.8 Å². The fourth-order valence-electron chi connectivity index (χ4n) is 1.99. The molecule has 0 saturated carbocycles. The Morgan fingerprint density at radius 1 is 1.14 bits per heavy atom. The van der Waals surface area contributed by atoms with Crippen molar-refractivity contribution in [1.29, 1.82) is 0 Å². The Kier molecular flexibility index (Phi) is 4.72. The van der Waals surface area contributed by atoms with Gasteiger partial charge >= 0.3 is 0 Å². The second kappa shape index (κ2) is 6.34. The molecule has 0 atom stereocenters. The van der Waals surface area contributed by atoms with Crippen molar-refractivity contribution in [2.24, 2.45) is 5.73 Å². The maximum absolute atomic E-state index is 12.3. The third-order valence-corrected chi connectivity index (χ3v) is 4.84. The lowest BCUT2D eigenvalue weighted by atomic mass is 10.1. The van der Waals surface area contributed by atoms with Crippen molar-refractivity contribution < 1.29 is 8.42 Å². The van der Waals surface area contributed by atoms with Crippen LogP contribution in [0.3, 0.4) is 0 Å². The summed E-state index contributed by atoms with van der Waals surface area (Å²) in [6, 6.07) is 6.79. The molecule has 1 aromatic carbocycles. The first kappa shape index (κ1) is 15.6. The van der Waals surface area contributed by atoms with Crippen LogP contribution in [-0.4, -0.2) is 13.4 Å². The van der Waals surface area contributed by atoms with Gasteiger partial charge in [0.05, 0.1) is 4.90 Å². The van der Waals surface area contributed by atoms with Crippen LogP contribution < -0.4 is 10.5 Å². The molecule has 0 radical (unpaired) electrons. The van der Waals surface area contributed by atoms with E-state index in [1.165, 1.54) is 0 Å². The molecular weight excluding hydrogens is 286 g/mol. The third-order valence-electron chi connectivity index (χ3n) is 3.44. The average Bonchev–Trinajstić information content (AvgIpc) is 2.46. The summed E-state index contributed by atoms with van der Waals surface area (Å²) in [7, 11) is -3.55. The zero-order valence-electron chi connectivity index (χ0n) is 12.1. The first-order chi connectivity index (χ1) is 9.94. The molecule has 21 heavy (non-hydrogen) atoms. The molecule has 2 aromatic rings. The van der Waals surface area contributed by atoms with Crippen molar-refractivity contribution in [3.05, 3.63) is 58.9 Å². The van der Waals surface area contributed by atoms with Gasteiger partial charge in [-0.05, 0) is 54.3 Å². The fourth-order valence-corrected chi connectivity index (χ4v) is 3.05. The Hall–Kier alpha value is -1.76. The summed E-state index contributed by atoms with van der Waals surface area (Å²) in [4.78, 5) is 4.23. The number of nitrogens with two attached hydrogens (primary N) is 1. The van der Waals surface area contributed by atoms with E-state index in [0.717, 1.165) is 22.3 Å². The van der Waals surface area contributed by atoms with Crippen LogP contribution in [0.2, 0.25) is 0 Å². The van der Waals surface area contributed by atoms with Gasteiger partial charge in [-0.15, -0.1) is 0 Å². The second-order valence-electron chi connectivity index (χ2n) is 4.92. The highest BCUT2D eigenvalue weighted by molar-refractivity contribution is 7.89. The van der Waals surface area contributed by atoms with Gasteiger partial charge in [-0.25, -0.2) is 13.1 Å². The van der Waals surface area contributed by atoms with E-state index >= 15 is 0 Å². The van der Waals surface area contributed by atoms with E-state index < -0.39 is 10.0 Å². The number of hydrogen-bond acceptors (Lipinski definition) is 4. The Balaban J connectivity index is 2.21. The average molecular weight is 305 g/mol. The molecule has 0 fully saturated rings. The number of rotatable bonds is 5. The monoisotopic (exact) mass is 305 g/mol. The third kappa shape index (κ3) is 3.66. The number of aryl methyl sites for hydroxylation is 2. The van der Waals surface area contributed by atoms with Crippen molar-refractivity contribution >= 4 is 10.0 Å². The van der Waals surface area contributed by atoms with Gasteiger partial charge in [0.1, 0.15) is 0 Å². The first-order valence-corrected chi connectivity index (χ1v) is 8.11. The van der Waals surface area contributed by atoms with E-state index in [1.807, 2.05) is 13.8 Å².